The van der Waals surface area contributed by atoms with E-state index in [1.807, 2.05) is 24.3 Å². The molecule has 0 atom stereocenters. The topological polar surface area (TPSA) is 73.9 Å². The van der Waals surface area contributed by atoms with Gasteiger partial charge in [0.1, 0.15) is 23.7 Å². The molecule has 30 heavy (non-hydrogen) atoms. The summed E-state index contributed by atoms with van der Waals surface area (Å²) in [7, 11) is 1.51. The van der Waals surface area contributed by atoms with Crippen LogP contribution in [0.5, 0.6) is 11.5 Å². The first-order valence-corrected chi connectivity index (χ1v) is 9.92. The standard InChI is InChI=1S/C23H20BrNO5/c1-28-21-12-5-3-10-19(21)25-22(26)15-30-23(27)18-9-2-4-11-20(18)29-14-16-7-6-8-17(24)13-16/h2-13H,14-15H2,1H3,(H,25,26). The average molecular weight is 470 g/mol. The van der Waals surface area contributed by atoms with Crippen LogP contribution in [0.2, 0.25) is 0 Å². The lowest BCUT2D eigenvalue weighted by Crippen LogP contribution is -2.21. The highest BCUT2D eigenvalue weighted by atomic mass is 79.9. The van der Waals surface area contributed by atoms with Crippen molar-refractivity contribution >= 4 is 33.5 Å². The lowest BCUT2D eigenvalue weighted by Gasteiger charge is -2.12. The van der Waals surface area contributed by atoms with Crippen LogP contribution >= 0.6 is 15.9 Å². The molecule has 0 aliphatic heterocycles. The number of benzene rings is 3. The van der Waals surface area contributed by atoms with Crippen LogP contribution in [0, 0.1) is 0 Å². The molecular weight excluding hydrogens is 450 g/mol. The van der Waals surface area contributed by atoms with E-state index in [1.165, 1.54) is 7.11 Å². The Kier molecular flexibility index (Phi) is 7.45. The zero-order chi connectivity index (χ0) is 21.3. The fraction of sp³-hybridized carbons (Fsp3) is 0.130. The number of halogens is 1. The highest BCUT2D eigenvalue weighted by Gasteiger charge is 2.16. The van der Waals surface area contributed by atoms with Crippen LogP contribution in [0.15, 0.2) is 77.3 Å². The Morgan fingerprint density at radius 3 is 2.43 bits per heavy atom. The van der Waals surface area contributed by atoms with E-state index in [1.54, 1.807) is 48.5 Å². The predicted octanol–water partition coefficient (Wildman–Crippen LogP) is 4.83. The first-order valence-electron chi connectivity index (χ1n) is 9.13. The molecule has 0 aliphatic carbocycles. The first-order chi connectivity index (χ1) is 14.6. The summed E-state index contributed by atoms with van der Waals surface area (Å²) in [5.41, 5.74) is 1.69. The Bertz CT molecular complexity index is 1040. The summed E-state index contributed by atoms with van der Waals surface area (Å²) in [6.07, 6.45) is 0. The van der Waals surface area contributed by atoms with Crippen LogP contribution in [0.1, 0.15) is 15.9 Å². The van der Waals surface area contributed by atoms with Crippen molar-refractivity contribution in [2.75, 3.05) is 19.0 Å². The fourth-order valence-corrected chi connectivity index (χ4v) is 3.14. The largest absolute Gasteiger partial charge is 0.495 e. The van der Waals surface area contributed by atoms with Crippen molar-refractivity contribution in [2.45, 2.75) is 6.61 Å². The number of anilines is 1. The molecule has 0 unspecified atom stereocenters. The molecule has 154 valence electrons. The van der Waals surface area contributed by atoms with E-state index in [-0.39, 0.29) is 12.2 Å². The van der Waals surface area contributed by atoms with Gasteiger partial charge in [0.25, 0.3) is 5.91 Å². The molecule has 0 aromatic heterocycles. The van der Waals surface area contributed by atoms with Crippen molar-refractivity contribution in [3.05, 3.63) is 88.4 Å². The second-order valence-electron chi connectivity index (χ2n) is 6.24. The van der Waals surface area contributed by atoms with Crippen molar-refractivity contribution < 1.29 is 23.8 Å². The van der Waals surface area contributed by atoms with Gasteiger partial charge in [0.2, 0.25) is 0 Å². The summed E-state index contributed by atoms with van der Waals surface area (Å²) in [5.74, 6) is -0.216. The van der Waals surface area contributed by atoms with Gasteiger partial charge < -0.3 is 19.5 Å². The minimum atomic E-state index is -0.644. The zero-order valence-electron chi connectivity index (χ0n) is 16.3. The summed E-state index contributed by atoms with van der Waals surface area (Å²) >= 11 is 3.42. The maximum Gasteiger partial charge on any atom is 0.342 e. The summed E-state index contributed by atoms with van der Waals surface area (Å²) in [6, 6.07) is 21.4. The zero-order valence-corrected chi connectivity index (χ0v) is 17.8. The molecule has 0 fully saturated rings. The predicted molar refractivity (Wildman–Crippen MR) is 117 cm³/mol. The van der Waals surface area contributed by atoms with Crippen molar-refractivity contribution in [1.82, 2.24) is 0 Å². The third-order valence-corrected chi connectivity index (χ3v) is 4.60. The first kappa shape index (κ1) is 21.4. The van der Waals surface area contributed by atoms with E-state index < -0.39 is 18.5 Å². The van der Waals surface area contributed by atoms with Gasteiger partial charge in [-0.3, -0.25) is 4.79 Å². The number of para-hydroxylation sites is 3. The van der Waals surface area contributed by atoms with Crippen LogP contribution in [0.25, 0.3) is 0 Å². The van der Waals surface area contributed by atoms with Crippen LogP contribution < -0.4 is 14.8 Å². The summed E-state index contributed by atoms with van der Waals surface area (Å²) in [5, 5.41) is 2.66. The van der Waals surface area contributed by atoms with Gasteiger partial charge in [-0.2, -0.15) is 0 Å². The second-order valence-corrected chi connectivity index (χ2v) is 7.16. The number of carbonyl (C=O) groups is 2. The van der Waals surface area contributed by atoms with E-state index in [9.17, 15) is 9.59 Å². The van der Waals surface area contributed by atoms with Crippen molar-refractivity contribution in [2.24, 2.45) is 0 Å². The second kappa shape index (κ2) is 10.5. The number of esters is 1. The van der Waals surface area contributed by atoms with Gasteiger partial charge in [-0.1, -0.05) is 52.3 Å². The average Bonchev–Trinajstić information content (AvgIpc) is 2.76. The van der Waals surface area contributed by atoms with Crippen molar-refractivity contribution in [3.8, 4) is 11.5 Å². The quantitative estimate of drug-likeness (QED) is 0.478. The molecule has 0 aliphatic rings. The number of amides is 1. The number of methoxy groups -OCH3 is 1. The number of ether oxygens (including phenoxy) is 3. The van der Waals surface area contributed by atoms with Crippen LogP contribution in [-0.2, 0) is 16.1 Å². The van der Waals surface area contributed by atoms with Gasteiger partial charge in [-0.15, -0.1) is 0 Å². The minimum absolute atomic E-state index is 0.248. The molecule has 7 heteroatoms. The molecule has 0 radical (unpaired) electrons. The van der Waals surface area contributed by atoms with Gasteiger partial charge in [0, 0.05) is 4.47 Å². The molecule has 0 saturated heterocycles. The highest BCUT2D eigenvalue weighted by molar-refractivity contribution is 9.10. The molecule has 0 heterocycles. The molecule has 3 aromatic rings. The van der Waals surface area contributed by atoms with Gasteiger partial charge >= 0.3 is 5.97 Å². The van der Waals surface area contributed by atoms with Gasteiger partial charge in [-0.05, 0) is 42.0 Å². The number of hydrogen-bond donors (Lipinski definition) is 1. The molecule has 1 N–H and O–H groups in total. The van der Waals surface area contributed by atoms with Gasteiger partial charge in [0.05, 0.1) is 12.8 Å². The molecule has 3 aromatic carbocycles. The Morgan fingerprint density at radius 1 is 0.933 bits per heavy atom. The number of nitrogens with one attached hydrogen (secondary N) is 1. The molecule has 3 rings (SSSR count). The third-order valence-electron chi connectivity index (χ3n) is 4.11. The van der Waals surface area contributed by atoms with E-state index in [2.05, 4.69) is 21.2 Å². The monoisotopic (exact) mass is 469 g/mol. The fourth-order valence-electron chi connectivity index (χ4n) is 2.69. The van der Waals surface area contributed by atoms with Crippen LogP contribution in [0.4, 0.5) is 5.69 Å². The molecule has 0 saturated carbocycles. The van der Waals surface area contributed by atoms with Crippen LogP contribution in [-0.4, -0.2) is 25.6 Å². The van der Waals surface area contributed by atoms with E-state index >= 15 is 0 Å². The third kappa shape index (κ3) is 5.84. The smallest absolute Gasteiger partial charge is 0.342 e. The maximum absolute atomic E-state index is 12.5. The Labute approximate surface area is 182 Å². The molecular formula is C23H20BrNO5. The number of rotatable bonds is 8. The van der Waals surface area contributed by atoms with Crippen molar-refractivity contribution in [1.29, 1.82) is 0 Å². The SMILES string of the molecule is COc1ccccc1NC(=O)COC(=O)c1ccccc1OCc1cccc(Br)c1. The highest BCUT2D eigenvalue weighted by Crippen LogP contribution is 2.23. The number of hydrogen-bond acceptors (Lipinski definition) is 5. The Hall–Kier alpha value is -3.32. The Morgan fingerprint density at radius 2 is 1.67 bits per heavy atom. The molecule has 1 amide bonds. The summed E-state index contributed by atoms with van der Waals surface area (Å²) < 4.78 is 17.1. The molecule has 6 nitrogen and oxygen atoms in total. The summed E-state index contributed by atoms with van der Waals surface area (Å²) in [6.45, 7) is -0.144. The van der Waals surface area contributed by atoms with Gasteiger partial charge in [-0.25, -0.2) is 4.79 Å². The molecule has 0 spiro atoms. The van der Waals surface area contributed by atoms with Crippen LogP contribution in [0.3, 0.4) is 0 Å². The number of carbonyl (C=O) groups excluding carboxylic acids is 2. The normalized spacial score (nSPS) is 10.2. The molecule has 0 bridgehead atoms. The lowest BCUT2D eigenvalue weighted by atomic mass is 10.2. The maximum atomic E-state index is 12.5. The Balaban J connectivity index is 1.59. The van der Waals surface area contributed by atoms with E-state index in [0.717, 1.165) is 10.0 Å². The summed E-state index contributed by atoms with van der Waals surface area (Å²) in [4.78, 5) is 24.7. The van der Waals surface area contributed by atoms with E-state index in [4.69, 9.17) is 14.2 Å². The lowest BCUT2D eigenvalue weighted by molar-refractivity contribution is -0.119. The minimum Gasteiger partial charge on any atom is -0.495 e. The van der Waals surface area contributed by atoms with Crippen molar-refractivity contribution in [3.63, 3.8) is 0 Å². The van der Waals surface area contributed by atoms with Gasteiger partial charge in [0.15, 0.2) is 6.61 Å². The van der Waals surface area contributed by atoms with E-state index in [0.29, 0.717) is 17.2 Å².